The molecule has 2 aromatic rings. The minimum Gasteiger partial charge on any atom is -0.454 e. The highest BCUT2D eigenvalue weighted by Crippen LogP contribution is 2.37. The molecule has 2 N–H and O–H groups in total. The lowest BCUT2D eigenvalue weighted by molar-refractivity contribution is -0.120. The number of amides is 2. The van der Waals surface area contributed by atoms with Gasteiger partial charge < -0.3 is 20.1 Å². The van der Waals surface area contributed by atoms with Crippen LogP contribution in [0.2, 0.25) is 0 Å². The van der Waals surface area contributed by atoms with Gasteiger partial charge in [0.1, 0.15) is 5.82 Å². The molecule has 4 rings (SSSR count). The molecule has 0 spiro atoms. The molecule has 0 aromatic heterocycles. The summed E-state index contributed by atoms with van der Waals surface area (Å²) in [5.41, 5.74) is 1.16. The fourth-order valence-electron chi connectivity index (χ4n) is 3.08. The molecule has 2 aliphatic rings. The Balaban J connectivity index is 1.35. The number of ether oxygens (including phenoxy) is 2. The first-order valence-electron chi connectivity index (χ1n) is 8.50. The number of fused-ring (bicyclic) bond motifs is 2. The lowest BCUT2D eigenvalue weighted by Gasteiger charge is -2.26. The fraction of sp³-hybridized carbons (Fsp3) is 0.263. The van der Waals surface area contributed by atoms with E-state index in [2.05, 4.69) is 10.6 Å². The maximum Gasteiger partial charge on any atom is 0.251 e. The van der Waals surface area contributed by atoms with Crippen molar-refractivity contribution >= 4 is 23.6 Å². The molecule has 0 aliphatic carbocycles. The van der Waals surface area contributed by atoms with E-state index < -0.39 is 0 Å². The van der Waals surface area contributed by atoms with Crippen molar-refractivity contribution in [3.05, 3.63) is 53.3 Å². The number of carbonyl (C=O) groups excluding carboxylic acids is 2. The van der Waals surface area contributed by atoms with Crippen LogP contribution in [0.3, 0.4) is 0 Å². The van der Waals surface area contributed by atoms with E-state index in [0.29, 0.717) is 28.4 Å². The summed E-state index contributed by atoms with van der Waals surface area (Å²) in [5.74, 6) is 0.844. The maximum atomic E-state index is 13.9. The van der Waals surface area contributed by atoms with Crippen molar-refractivity contribution in [2.45, 2.75) is 17.4 Å². The van der Waals surface area contributed by atoms with Crippen LogP contribution in [0.15, 0.2) is 41.3 Å². The van der Waals surface area contributed by atoms with Crippen LogP contribution < -0.4 is 20.1 Å². The number of rotatable bonds is 4. The van der Waals surface area contributed by atoms with Gasteiger partial charge in [-0.1, -0.05) is 12.1 Å². The van der Waals surface area contributed by atoms with Gasteiger partial charge in [0.15, 0.2) is 11.5 Å². The third kappa shape index (κ3) is 3.71. The van der Waals surface area contributed by atoms with E-state index in [1.54, 1.807) is 24.3 Å². The van der Waals surface area contributed by atoms with E-state index in [4.69, 9.17) is 9.47 Å². The Morgan fingerprint density at radius 2 is 2.04 bits per heavy atom. The third-order valence-corrected chi connectivity index (χ3v) is 5.56. The van der Waals surface area contributed by atoms with Gasteiger partial charge in [-0.05, 0) is 36.2 Å². The second kappa shape index (κ2) is 7.48. The number of hydrogen-bond donors (Lipinski definition) is 2. The van der Waals surface area contributed by atoms with Gasteiger partial charge in [-0.2, -0.15) is 0 Å². The molecule has 0 unspecified atom stereocenters. The van der Waals surface area contributed by atoms with Crippen LogP contribution in [0, 0.1) is 5.82 Å². The maximum absolute atomic E-state index is 13.9. The summed E-state index contributed by atoms with van der Waals surface area (Å²) < 4.78 is 24.4. The Morgan fingerprint density at radius 1 is 1.19 bits per heavy atom. The van der Waals surface area contributed by atoms with Crippen molar-refractivity contribution in [1.82, 2.24) is 10.6 Å². The van der Waals surface area contributed by atoms with E-state index in [1.807, 2.05) is 6.07 Å². The summed E-state index contributed by atoms with van der Waals surface area (Å²) in [6.07, 6.45) is 0.711. The summed E-state index contributed by atoms with van der Waals surface area (Å²) in [4.78, 5) is 25.1. The Hall–Kier alpha value is -2.74. The van der Waals surface area contributed by atoms with Crippen LogP contribution in [0.4, 0.5) is 4.39 Å². The molecule has 140 valence electrons. The Labute approximate surface area is 159 Å². The summed E-state index contributed by atoms with van der Waals surface area (Å²) >= 11 is 1.45. The Morgan fingerprint density at radius 3 is 2.93 bits per heavy atom. The van der Waals surface area contributed by atoms with E-state index >= 15 is 0 Å². The molecule has 0 fully saturated rings. The van der Waals surface area contributed by atoms with Crippen molar-refractivity contribution in [3.8, 4) is 11.5 Å². The molecule has 2 amide bonds. The SMILES string of the molecule is O=C(CNC(=O)c1ccc2c(c1)OCO2)N[C@@H]1CCSc2c(F)cccc21. The van der Waals surface area contributed by atoms with Gasteiger partial charge in [0.25, 0.3) is 5.91 Å². The highest BCUT2D eigenvalue weighted by molar-refractivity contribution is 7.99. The number of carbonyl (C=O) groups is 2. The van der Waals surface area contributed by atoms with Gasteiger partial charge in [-0.15, -0.1) is 11.8 Å². The number of benzene rings is 2. The largest absolute Gasteiger partial charge is 0.454 e. The van der Waals surface area contributed by atoms with Gasteiger partial charge in [0.05, 0.1) is 12.6 Å². The second-order valence-electron chi connectivity index (χ2n) is 6.17. The zero-order valence-electron chi connectivity index (χ0n) is 14.3. The molecular weight excluding hydrogens is 371 g/mol. The van der Waals surface area contributed by atoms with Crippen LogP contribution in [0.1, 0.15) is 28.4 Å². The quantitative estimate of drug-likeness (QED) is 0.842. The Kier molecular flexibility index (Phi) is 4.89. The van der Waals surface area contributed by atoms with Crippen molar-refractivity contribution in [1.29, 1.82) is 0 Å². The molecule has 2 heterocycles. The van der Waals surface area contributed by atoms with Crippen LogP contribution in [0.5, 0.6) is 11.5 Å². The fourth-order valence-corrected chi connectivity index (χ4v) is 4.22. The van der Waals surface area contributed by atoms with Gasteiger partial charge in [-0.25, -0.2) is 4.39 Å². The number of hydrogen-bond acceptors (Lipinski definition) is 5. The molecule has 0 radical (unpaired) electrons. The molecule has 0 bridgehead atoms. The summed E-state index contributed by atoms with van der Waals surface area (Å²) in [6.45, 7) is -0.0356. The predicted molar refractivity (Wildman–Crippen MR) is 97.5 cm³/mol. The first kappa shape index (κ1) is 17.7. The molecule has 2 aromatic carbocycles. The highest BCUT2D eigenvalue weighted by Gasteiger charge is 2.24. The van der Waals surface area contributed by atoms with E-state index in [1.165, 1.54) is 17.8 Å². The zero-order valence-corrected chi connectivity index (χ0v) is 15.1. The highest BCUT2D eigenvalue weighted by atomic mass is 32.2. The van der Waals surface area contributed by atoms with Crippen molar-refractivity contribution in [2.24, 2.45) is 0 Å². The minimum absolute atomic E-state index is 0.130. The van der Waals surface area contributed by atoms with Crippen molar-refractivity contribution in [2.75, 3.05) is 19.1 Å². The summed E-state index contributed by atoms with van der Waals surface area (Å²) in [5, 5.41) is 5.46. The predicted octanol–water partition coefficient (Wildman–Crippen LogP) is 2.64. The number of thioether (sulfide) groups is 1. The third-order valence-electron chi connectivity index (χ3n) is 4.41. The van der Waals surface area contributed by atoms with Gasteiger partial charge in [-0.3, -0.25) is 9.59 Å². The molecule has 27 heavy (non-hydrogen) atoms. The standard InChI is InChI=1S/C19H17FN2O4S/c20-13-3-1-2-12-14(6-7-27-18(12)13)22-17(23)9-21-19(24)11-4-5-15-16(8-11)26-10-25-15/h1-5,8,14H,6-7,9-10H2,(H,21,24)(H,22,23)/t14-/m1/s1. The molecule has 0 saturated carbocycles. The Bertz CT molecular complexity index is 905. The lowest BCUT2D eigenvalue weighted by Crippen LogP contribution is -2.39. The van der Waals surface area contributed by atoms with Crippen LogP contribution in [0.25, 0.3) is 0 Å². The van der Waals surface area contributed by atoms with Crippen LogP contribution in [-0.2, 0) is 4.79 Å². The molecule has 0 saturated heterocycles. The van der Waals surface area contributed by atoms with E-state index in [0.717, 1.165) is 11.3 Å². The average Bonchev–Trinajstić information content (AvgIpc) is 3.15. The van der Waals surface area contributed by atoms with Crippen LogP contribution in [-0.4, -0.2) is 30.9 Å². The summed E-state index contributed by atoms with van der Waals surface area (Å²) in [7, 11) is 0. The van der Waals surface area contributed by atoms with Crippen molar-refractivity contribution < 1.29 is 23.5 Å². The van der Waals surface area contributed by atoms with Gasteiger partial charge >= 0.3 is 0 Å². The van der Waals surface area contributed by atoms with Crippen LogP contribution >= 0.6 is 11.8 Å². The first-order valence-corrected chi connectivity index (χ1v) is 9.49. The van der Waals surface area contributed by atoms with E-state index in [-0.39, 0.29) is 37.0 Å². The minimum atomic E-state index is -0.380. The first-order chi connectivity index (χ1) is 13.1. The normalized spacial score (nSPS) is 17.1. The molecular formula is C19H17FN2O4S. The zero-order chi connectivity index (χ0) is 18.8. The number of nitrogens with one attached hydrogen (secondary N) is 2. The monoisotopic (exact) mass is 388 g/mol. The molecule has 6 nitrogen and oxygen atoms in total. The molecule has 2 aliphatic heterocycles. The average molecular weight is 388 g/mol. The lowest BCUT2D eigenvalue weighted by atomic mass is 10.0. The topological polar surface area (TPSA) is 76.7 Å². The number of halogens is 1. The smallest absolute Gasteiger partial charge is 0.251 e. The van der Waals surface area contributed by atoms with Gasteiger partial charge in [0.2, 0.25) is 12.7 Å². The van der Waals surface area contributed by atoms with E-state index in [9.17, 15) is 14.0 Å². The molecule has 1 atom stereocenters. The van der Waals surface area contributed by atoms with Gasteiger partial charge in [0, 0.05) is 16.2 Å². The second-order valence-corrected chi connectivity index (χ2v) is 7.27. The summed E-state index contributed by atoms with van der Waals surface area (Å²) in [6, 6.07) is 9.46. The van der Waals surface area contributed by atoms with Crippen molar-refractivity contribution in [3.63, 3.8) is 0 Å². The molecule has 8 heteroatoms.